The van der Waals surface area contributed by atoms with Crippen LogP contribution in [0.4, 0.5) is 31.1 Å². The number of amides is 2. The molecular formula is C33H42F6N2O3. The van der Waals surface area contributed by atoms with Gasteiger partial charge in [-0.05, 0) is 81.7 Å². The maximum Gasteiger partial charge on any atom is 0.416 e. The number of carbonyl (C=O) groups is 2. The monoisotopic (exact) mass is 628 g/mol. The Bertz CT molecular complexity index is 1240. The second-order valence-corrected chi connectivity index (χ2v) is 12.8. The summed E-state index contributed by atoms with van der Waals surface area (Å²) >= 11 is 0. The molecule has 2 aromatic rings. The number of aryl methyl sites for hydroxylation is 1. The third kappa shape index (κ3) is 9.38. The Hall–Kier alpha value is -3.24. The highest BCUT2D eigenvalue weighted by Gasteiger charge is 2.44. The first-order chi connectivity index (χ1) is 20.3. The lowest BCUT2D eigenvalue weighted by molar-refractivity contribution is -0.143. The lowest BCUT2D eigenvalue weighted by Crippen LogP contribution is -2.59. The average molecular weight is 629 g/mol. The molecule has 1 heterocycles. The minimum absolute atomic E-state index is 0.0123. The molecule has 0 N–H and O–H groups in total. The van der Waals surface area contributed by atoms with Crippen molar-refractivity contribution in [2.75, 3.05) is 0 Å². The summed E-state index contributed by atoms with van der Waals surface area (Å²) in [6.07, 6.45) is -8.74. The van der Waals surface area contributed by atoms with Gasteiger partial charge in [0.2, 0.25) is 5.91 Å². The van der Waals surface area contributed by atoms with Crippen LogP contribution in [-0.4, -0.2) is 45.5 Å². The summed E-state index contributed by atoms with van der Waals surface area (Å²) in [6, 6.07) is 9.78. The van der Waals surface area contributed by atoms with Gasteiger partial charge in [-0.3, -0.25) is 4.79 Å². The topological polar surface area (TPSA) is 49.9 Å². The van der Waals surface area contributed by atoms with Crippen molar-refractivity contribution in [3.63, 3.8) is 0 Å². The largest absolute Gasteiger partial charge is 0.444 e. The number of piperidine rings is 1. The number of hydrogen-bond donors (Lipinski definition) is 0. The predicted octanol–water partition coefficient (Wildman–Crippen LogP) is 8.89. The van der Waals surface area contributed by atoms with E-state index in [1.54, 1.807) is 32.6 Å². The quantitative estimate of drug-likeness (QED) is 0.275. The zero-order valence-electron chi connectivity index (χ0n) is 26.1. The molecule has 0 bridgehead atoms. The fraction of sp³-hybridized carbons (Fsp3) is 0.576. The molecule has 3 rings (SSSR count). The van der Waals surface area contributed by atoms with Crippen LogP contribution in [0.5, 0.6) is 0 Å². The smallest absolute Gasteiger partial charge is 0.416 e. The number of halogens is 6. The first kappa shape index (κ1) is 35.2. The molecule has 1 aliphatic heterocycles. The highest BCUT2D eigenvalue weighted by molar-refractivity contribution is 5.76. The number of benzene rings is 2. The van der Waals surface area contributed by atoms with Crippen LogP contribution in [0, 0.1) is 5.92 Å². The highest BCUT2D eigenvalue weighted by atomic mass is 19.4. The second kappa shape index (κ2) is 13.8. The van der Waals surface area contributed by atoms with E-state index in [2.05, 4.69) is 0 Å². The zero-order valence-corrected chi connectivity index (χ0v) is 26.1. The van der Waals surface area contributed by atoms with Gasteiger partial charge in [-0.15, -0.1) is 0 Å². The molecule has 5 nitrogen and oxygen atoms in total. The first-order valence-electron chi connectivity index (χ1n) is 14.9. The van der Waals surface area contributed by atoms with Crippen LogP contribution < -0.4 is 0 Å². The van der Waals surface area contributed by atoms with E-state index in [0.29, 0.717) is 37.8 Å². The van der Waals surface area contributed by atoms with Crippen LogP contribution in [0.2, 0.25) is 0 Å². The average Bonchev–Trinajstić information content (AvgIpc) is 2.92. The van der Waals surface area contributed by atoms with E-state index >= 15 is 0 Å². The fourth-order valence-electron chi connectivity index (χ4n) is 5.80. The summed E-state index contributed by atoms with van der Waals surface area (Å²) in [5, 5.41) is 0. The normalized spacial score (nSPS) is 19.7. The standard InChI is InChI=1S/C33H42F6N2O3/c1-7-29(42)40(20-23-15-24(32(34,35)36)17-25(16-23)33(37,38)39)27-18-26(14-13-22-11-9-8-10-12-22)41(28(19-27)21(2)3)30(43)44-31(4,5)6/h8-12,15-17,21,26-28H,7,13-14,18-20H2,1-6H3/t26-,27+,28?/m0/s1. The molecular weight excluding hydrogens is 586 g/mol. The van der Waals surface area contributed by atoms with E-state index in [1.807, 2.05) is 44.2 Å². The molecule has 0 saturated carbocycles. The molecule has 11 heteroatoms. The molecule has 0 spiro atoms. The molecule has 1 saturated heterocycles. The van der Waals surface area contributed by atoms with Crippen LogP contribution in [0.1, 0.15) is 89.5 Å². The van der Waals surface area contributed by atoms with Crippen molar-refractivity contribution in [1.29, 1.82) is 0 Å². The minimum atomic E-state index is -5.00. The highest BCUT2D eigenvalue weighted by Crippen LogP contribution is 2.38. The van der Waals surface area contributed by atoms with Crippen molar-refractivity contribution in [2.45, 2.75) is 116 Å². The molecule has 44 heavy (non-hydrogen) atoms. The molecule has 244 valence electrons. The minimum Gasteiger partial charge on any atom is -0.444 e. The van der Waals surface area contributed by atoms with E-state index in [4.69, 9.17) is 4.74 Å². The maximum atomic E-state index is 13.6. The summed E-state index contributed by atoms with van der Waals surface area (Å²) in [7, 11) is 0. The lowest BCUT2D eigenvalue weighted by Gasteiger charge is -2.49. The molecule has 3 atom stereocenters. The number of rotatable bonds is 8. The van der Waals surface area contributed by atoms with Gasteiger partial charge in [0.25, 0.3) is 0 Å². The number of nitrogens with zero attached hydrogens (tertiary/aromatic N) is 2. The van der Waals surface area contributed by atoms with E-state index in [1.165, 1.54) is 4.90 Å². The van der Waals surface area contributed by atoms with E-state index in [0.717, 1.165) is 5.56 Å². The molecule has 1 aliphatic rings. The van der Waals surface area contributed by atoms with Crippen molar-refractivity contribution < 1.29 is 40.7 Å². The fourth-order valence-corrected chi connectivity index (χ4v) is 5.80. The van der Waals surface area contributed by atoms with Crippen molar-refractivity contribution >= 4 is 12.0 Å². The van der Waals surface area contributed by atoms with Crippen molar-refractivity contribution in [3.05, 3.63) is 70.8 Å². The third-order valence-electron chi connectivity index (χ3n) is 7.86. The third-order valence-corrected chi connectivity index (χ3v) is 7.86. The summed E-state index contributed by atoms with van der Waals surface area (Å²) in [4.78, 5) is 30.0. The molecule has 1 unspecified atom stereocenters. The Labute approximate surface area is 255 Å². The van der Waals surface area contributed by atoms with E-state index in [9.17, 15) is 35.9 Å². The number of hydrogen-bond acceptors (Lipinski definition) is 3. The molecule has 2 amide bonds. The Morgan fingerprint density at radius 2 is 1.48 bits per heavy atom. The Kier molecular flexibility index (Phi) is 11.1. The van der Waals surface area contributed by atoms with Crippen LogP contribution in [-0.2, 0) is 34.8 Å². The van der Waals surface area contributed by atoms with Crippen molar-refractivity contribution in [2.24, 2.45) is 5.92 Å². The maximum absolute atomic E-state index is 13.6. The summed E-state index contributed by atoms with van der Waals surface area (Å²) in [5.74, 6) is -0.468. The van der Waals surface area contributed by atoms with Gasteiger partial charge in [0, 0.05) is 31.1 Å². The second-order valence-electron chi connectivity index (χ2n) is 12.8. The van der Waals surface area contributed by atoms with Gasteiger partial charge in [0.15, 0.2) is 0 Å². The van der Waals surface area contributed by atoms with Crippen LogP contribution in [0.15, 0.2) is 48.5 Å². The Morgan fingerprint density at radius 1 is 0.909 bits per heavy atom. The summed E-state index contributed by atoms with van der Waals surface area (Å²) in [6.45, 7) is 10.4. The summed E-state index contributed by atoms with van der Waals surface area (Å²) < 4.78 is 87.4. The Morgan fingerprint density at radius 3 is 1.95 bits per heavy atom. The number of ether oxygens (including phenoxy) is 1. The van der Waals surface area contributed by atoms with Gasteiger partial charge in [-0.25, -0.2) is 4.79 Å². The summed E-state index contributed by atoms with van der Waals surface area (Å²) in [5.41, 5.74) is -2.82. The van der Waals surface area contributed by atoms with Crippen LogP contribution >= 0.6 is 0 Å². The van der Waals surface area contributed by atoms with Crippen LogP contribution in [0.3, 0.4) is 0 Å². The van der Waals surface area contributed by atoms with E-state index in [-0.39, 0.29) is 30.0 Å². The first-order valence-corrected chi connectivity index (χ1v) is 14.9. The molecule has 0 aromatic heterocycles. The zero-order chi connectivity index (χ0) is 33.0. The van der Waals surface area contributed by atoms with Crippen molar-refractivity contribution in [3.8, 4) is 0 Å². The number of carbonyl (C=O) groups excluding carboxylic acids is 2. The SMILES string of the molecule is CCC(=O)N(Cc1cc(C(F)(F)F)cc(C(F)(F)F)c1)[C@H]1CC(C(C)C)N(C(=O)OC(C)(C)C)[C@@H](CCc2ccccc2)C1. The van der Waals surface area contributed by atoms with Crippen molar-refractivity contribution in [1.82, 2.24) is 9.80 Å². The van der Waals surface area contributed by atoms with Gasteiger partial charge in [-0.1, -0.05) is 51.1 Å². The van der Waals surface area contributed by atoms with Gasteiger partial charge < -0.3 is 14.5 Å². The van der Waals surface area contributed by atoms with Gasteiger partial charge in [0.1, 0.15) is 5.60 Å². The molecule has 0 radical (unpaired) electrons. The molecule has 0 aliphatic carbocycles. The molecule has 1 fully saturated rings. The Balaban J connectivity index is 2.04. The van der Waals surface area contributed by atoms with Gasteiger partial charge >= 0.3 is 18.4 Å². The number of alkyl halides is 6. The lowest BCUT2D eigenvalue weighted by atomic mass is 9.83. The number of likely N-dealkylation sites (tertiary alicyclic amines) is 1. The molecule has 2 aromatic carbocycles. The van der Waals surface area contributed by atoms with Gasteiger partial charge in [0.05, 0.1) is 11.1 Å². The van der Waals surface area contributed by atoms with Gasteiger partial charge in [-0.2, -0.15) is 26.3 Å². The predicted molar refractivity (Wildman–Crippen MR) is 156 cm³/mol. The van der Waals surface area contributed by atoms with E-state index < -0.39 is 59.7 Å². The van der Waals surface area contributed by atoms with Crippen LogP contribution in [0.25, 0.3) is 0 Å².